The van der Waals surface area contributed by atoms with Gasteiger partial charge in [0.05, 0.1) is 6.61 Å². The summed E-state index contributed by atoms with van der Waals surface area (Å²) < 4.78 is 4.80. The summed E-state index contributed by atoms with van der Waals surface area (Å²) in [6.07, 6.45) is 6.18. The van der Waals surface area contributed by atoms with E-state index in [0.29, 0.717) is 6.61 Å². The number of alkyl carbamates (subject to hydrolysis) is 1. The van der Waals surface area contributed by atoms with Gasteiger partial charge in [-0.15, -0.1) is 0 Å². The SMILES string of the molecule is CCOC(=O)NCCC1CCC(C)CC1. The fourth-order valence-corrected chi connectivity index (χ4v) is 2.18. The Morgan fingerprint density at radius 2 is 2.00 bits per heavy atom. The average molecular weight is 213 g/mol. The molecule has 0 atom stereocenters. The van der Waals surface area contributed by atoms with E-state index in [1.165, 1.54) is 25.7 Å². The highest BCUT2D eigenvalue weighted by Crippen LogP contribution is 2.29. The van der Waals surface area contributed by atoms with Gasteiger partial charge in [0, 0.05) is 6.54 Å². The van der Waals surface area contributed by atoms with Crippen LogP contribution in [0.5, 0.6) is 0 Å². The number of hydrogen-bond acceptors (Lipinski definition) is 2. The van der Waals surface area contributed by atoms with E-state index in [1.54, 1.807) is 0 Å². The molecule has 0 aliphatic heterocycles. The van der Waals surface area contributed by atoms with Crippen LogP contribution in [-0.4, -0.2) is 19.2 Å². The molecule has 0 aromatic heterocycles. The molecule has 1 rings (SSSR count). The van der Waals surface area contributed by atoms with Crippen LogP contribution in [0.25, 0.3) is 0 Å². The second-order valence-corrected chi connectivity index (χ2v) is 4.56. The van der Waals surface area contributed by atoms with Gasteiger partial charge in [-0.1, -0.05) is 32.6 Å². The molecule has 0 radical (unpaired) electrons. The summed E-state index contributed by atoms with van der Waals surface area (Å²) in [5, 5.41) is 2.78. The zero-order valence-corrected chi connectivity index (χ0v) is 9.92. The highest BCUT2D eigenvalue weighted by atomic mass is 16.5. The van der Waals surface area contributed by atoms with Crippen molar-refractivity contribution < 1.29 is 9.53 Å². The van der Waals surface area contributed by atoms with Gasteiger partial charge in [0.15, 0.2) is 0 Å². The number of ether oxygens (including phenoxy) is 1. The smallest absolute Gasteiger partial charge is 0.407 e. The van der Waals surface area contributed by atoms with E-state index < -0.39 is 0 Å². The number of carbonyl (C=O) groups is 1. The van der Waals surface area contributed by atoms with E-state index in [4.69, 9.17) is 4.74 Å². The Labute approximate surface area is 92.6 Å². The number of amides is 1. The molecule has 0 aromatic carbocycles. The minimum absolute atomic E-state index is 0.276. The quantitative estimate of drug-likeness (QED) is 0.779. The number of carbonyl (C=O) groups excluding carboxylic acids is 1. The number of hydrogen-bond donors (Lipinski definition) is 1. The van der Waals surface area contributed by atoms with Crippen LogP contribution in [0.4, 0.5) is 4.79 Å². The lowest BCUT2D eigenvalue weighted by Crippen LogP contribution is -2.27. The largest absolute Gasteiger partial charge is 0.450 e. The molecule has 1 fully saturated rings. The number of nitrogens with one attached hydrogen (secondary N) is 1. The highest BCUT2D eigenvalue weighted by Gasteiger charge is 2.17. The van der Waals surface area contributed by atoms with Gasteiger partial charge in [-0.25, -0.2) is 4.79 Å². The van der Waals surface area contributed by atoms with Gasteiger partial charge in [-0.2, -0.15) is 0 Å². The Hall–Kier alpha value is -0.730. The Balaban J connectivity index is 2.02. The van der Waals surface area contributed by atoms with Gasteiger partial charge in [0.25, 0.3) is 0 Å². The predicted octanol–water partition coefficient (Wildman–Crippen LogP) is 2.95. The lowest BCUT2D eigenvalue weighted by Gasteiger charge is -2.25. The molecule has 0 aromatic rings. The van der Waals surface area contributed by atoms with Crippen molar-refractivity contribution in [3.63, 3.8) is 0 Å². The van der Waals surface area contributed by atoms with Crippen molar-refractivity contribution in [1.82, 2.24) is 5.32 Å². The minimum atomic E-state index is -0.276. The second kappa shape index (κ2) is 6.70. The normalized spacial score (nSPS) is 26.0. The second-order valence-electron chi connectivity index (χ2n) is 4.56. The van der Waals surface area contributed by atoms with E-state index in [2.05, 4.69) is 12.2 Å². The van der Waals surface area contributed by atoms with Crippen LogP contribution in [0.15, 0.2) is 0 Å². The summed E-state index contributed by atoms with van der Waals surface area (Å²) in [6, 6.07) is 0. The van der Waals surface area contributed by atoms with Crippen molar-refractivity contribution in [3.05, 3.63) is 0 Å². The van der Waals surface area contributed by atoms with Crippen molar-refractivity contribution in [2.24, 2.45) is 11.8 Å². The Kier molecular flexibility index (Phi) is 5.51. The van der Waals surface area contributed by atoms with Crippen LogP contribution in [-0.2, 0) is 4.74 Å². The maximum Gasteiger partial charge on any atom is 0.407 e. The number of rotatable bonds is 4. The summed E-state index contributed by atoms with van der Waals surface area (Å²) >= 11 is 0. The van der Waals surface area contributed by atoms with Gasteiger partial charge >= 0.3 is 6.09 Å². The molecule has 1 N–H and O–H groups in total. The molecule has 0 bridgehead atoms. The van der Waals surface area contributed by atoms with Crippen LogP contribution in [0.1, 0.15) is 46.0 Å². The van der Waals surface area contributed by atoms with Gasteiger partial charge in [0.1, 0.15) is 0 Å². The van der Waals surface area contributed by atoms with Gasteiger partial charge in [-0.3, -0.25) is 0 Å². The summed E-state index contributed by atoms with van der Waals surface area (Å²) in [6.45, 7) is 5.36. The van der Waals surface area contributed by atoms with Crippen LogP contribution in [0, 0.1) is 11.8 Å². The summed E-state index contributed by atoms with van der Waals surface area (Å²) in [5.74, 6) is 1.71. The van der Waals surface area contributed by atoms with Crippen LogP contribution >= 0.6 is 0 Å². The average Bonchev–Trinajstić information content (AvgIpc) is 2.21. The molecule has 1 saturated carbocycles. The Bertz CT molecular complexity index is 186. The lowest BCUT2D eigenvalue weighted by molar-refractivity contribution is 0.151. The monoisotopic (exact) mass is 213 g/mol. The first-order chi connectivity index (χ1) is 7.22. The van der Waals surface area contributed by atoms with Crippen molar-refractivity contribution >= 4 is 6.09 Å². The summed E-state index contributed by atoms with van der Waals surface area (Å²) in [4.78, 5) is 11.0. The van der Waals surface area contributed by atoms with Gasteiger partial charge in [0.2, 0.25) is 0 Å². The molecule has 0 heterocycles. The van der Waals surface area contributed by atoms with Crippen molar-refractivity contribution in [3.8, 4) is 0 Å². The first kappa shape index (κ1) is 12.3. The standard InChI is InChI=1S/C12H23NO2/c1-3-15-12(14)13-9-8-11-6-4-10(2)5-7-11/h10-11H,3-9H2,1-2H3,(H,13,14). The Morgan fingerprint density at radius 1 is 1.33 bits per heavy atom. The first-order valence-electron chi connectivity index (χ1n) is 6.13. The Morgan fingerprint density at radius 3 is 2.60 bits per heavy atom. The van der Waals surface area contributed by atoms with Crippen LogP contribution < -0.4 is 5.32 Å². The molecule has 1 amide bonds. The molecule has 1 aliphatic rings. The molecule has 0 spiro atoms. The third-order valence-electron chi connectivity index (χ3n) is 3.23. The molecule has 15 heavy (non-hydrogen) atoms. The molecule has 1 aliphatic carbocycles. The summed E-state index contributed by atoms with van der Waals surface area (Å²) in [7, 11) is 0. The van der Waals surface area contributed by atoms with Gasteiger partial charge < -0.3 is 10.1 Å². The van der Waals surface area contributed by atoms with Crippen molar-refractivity contribution in [1.29, 1.82) is 0 Å². The molecule has 0 saturated heterocycles. The molecule has 0 unspecified atom stereocenters. The fourth-order valence-electron chi connectivity index (χ4n) is 2.18. The van der Waals surface area contributed by atoms with Crippen molar-refractivity contribution in [2.45, 2.75) is 46.0 Å². The maximum absolute atomic E-state index is 11.0. The zero-order chi connectivity index (χ0) is 11.1. The highest BCUT2D eigenvalue weighted by molar-refractivity contribution is 5.66. The molecule has 3 heteroatoms. The molecule has 88 valence electrons. The van der Waals surface area contributed by atoms with E-state index in [1.807, 2.05) is 6.92 Å². The molecular weight excluding hydrogens is 190 g/mol. The van der Waals surface area contributed by atoms with E-state index in [9.17, 15) is 4.79 Å². The van der Waals surface area contributed by atoms with E-state index >= 15 is 0 Å². The molecule has 3 nitrogen and oxygen atoms in total. The van der Waals surface area contributed by atoms with Crippen molar-refractivity contribution in [2.75, 3.05) is 13.2 Å². The van der Waals surface area contributed by atoms with Gasteiger partial charge in [-0.05, 0) is 25.2 Å². The predicted molar refractivity (Wildman–Crippen MR) is 60.8 cm³/mol. The fraction of sp³-hybridized carbons (Fsp3) is 0.917. The van der Waals surface area contributed by atoms with Crippen LogP contribution in [0.2, 0.25) is 0 Å². The van der Waals surface area contributed by atoms with E-state index in [0.717, 1.165) is 24.8 Å². The molecular formula is C12H23NO2. The third-order valence-corrected chi connectivity index (χ3v) is 3.23. The first-order valence-corrected chi connectivity index (χ1v) is 6.13. The van der Waals surface area contributed by atoms with Crippen LogP contribution in [0.3, 0.4) is 0 Å². The minimum Gasteiger partial charge on any atom is -0.450 e. The summed E-state index contributed by atoms with van der Waals surface area (Å²) in [5.41, 5.74) is 0. The third kappa shape index (κ3) is 5.05. The zero-order valence-electron chi connectivity index (χ0n) is 9.92. The maximum atomic E-state index is 11.0. The lowest BCUT2D eigenvalue weighted by atomic mass is 9.81. The van der Waals surface area contributed by atoms with E-state index in [-0.39, 0.29) is 6.09 Å². The topological polar surface area (TPSA) is 38.3 Å².